The number of anilines is 1. The van der Waals surface area contributed by atoms with Crippen LogP contribution in [0.5, 0.6) is 0 Å². The second-order valence-electron chi connectivity index (χ2n) is 4.09. The summed E-state index contributed by atoms with van der Waals surface area (Å²) in [4.78, 5) is 12.0. The summed E-state index contributed by atoms with van der Waals surface area (Å²) >= 11 is 6.03. The summed E-state index contributed by atoms with van der Waals surface area (Å²) in [5.41, 5.74) is 0.123. The maximum Gasteiger partial charge on any atom is 0.287 e. The number of rotatable bonds is 9. The molecule has 20 heavy (non-hydrogen) atoms. The predicted octanol–water partition coefficient (Wildman–Crippen LogP) is 0.616. The molecule has 1 aromatic heterocycles. The molecule has 8 heteroatoms. The van der Waals surface area contributed by atoms with Gasteiger partial charge >= 0.3 is 0 Å². The number of nitrogens with one attached hydrogen (secondary N) is 1. The fourth-order valence-electron chi connectivity index (χ4n) is 1.55. The predicted molar refractivity (Wildman–Crippen MR) is 76.5 cm³/mol. The molecule has 114 valence electrons. The van der Waals surface area contributed by atoms with Gasteiger partial charge in [0.05, 0.1) is 37.7 Å². The summed E-state index contributed by atoms with van der Waals surface area (Å²) in [5, 5.41) is 7.16. The molecule has 0 bridgehead atoms. The standard InChI is InChI=1S/C12H20ClN3O4/c1-18-5-4-16-12(17)11(13)10(7-15-16)14-6-9(20-3)8-19-2/h7,9,14H,4-6,8H2,1-3H3. The van der Waals surface area contributed by atoms with Crippen LogP contribution in [0, 0.1) is 0 Å². The minimum atomic E-state index is -0.352. The summed E-state index contributed by atoms with van der Waals surface area (Å²) < 4.78 is 16.4. The van der Waals surface area contributed by atoms with Crippen LogP contribution in [0.3, 0.4) is 0 Å². The molecule has 1 N–H and O–H groups in total. The fraction of sp³-hybridized carbons (Fsp3) is 0.667. The Kier molecular flexibility index (Phi) is 7.53. The van der Waals surface area contributed by atoms with E-state index in [4.69, 9.17) is 25.8 Å². The SMILES string of the molecule is COCCn1ncc(NCC(COC)OC)c(Cl)c1=O. The van der Waals surface area contributed by atoms with Crippen molar-refractivity contribution in [3.05, 3.63) is 21.6 Å². The third-order valence-electron chi connectivity index (χ3n) is 2.70. The average molecular weight is 306 g/mol. The number of nitrogens with zero attached hydrogens (tertiary/aromatic N) is 2. The molecule has 0 amide bonds. The monoisotopic (exact) mass is 305 g/mol. The summed E-state index contributed by atoms with van der Waals surface area (Å²) in [6.45, 7) is 1.67. The molecule has 1 rings (SSSR count). The van der Waals surface area contributed by atoms with Crippen LogP contribution < -0.4 is 10.9 Å². The van der Waals surface area contributed by atoms with Crippen LogP contribution in [0.4, 0.5) is 5.69 Å². The summed E-state index contributed by atoms with van der Waals surface area (Å²) in [5.74, 6) is 0. The normalized spacial score (nSPS) is 12.4. The average Bonchev–Trinajstić information content (AvgIpc) is 2.46. The molecule has 0 fully saturated rings. The van der Waals surface area contributed by atoms with Crippen molar-refractivity contribution in [3.8, 4) is 0 Å². The lowest BCUT2D eigenvalue weighted by molar-refractivity contribution is 0.0365. The van der Waals surface area contributed by atoms with Crippen LogP contribution in [0.15, 0.2) is 11.0 Å². The third-order valence-corrected chi connectivity index (χ3v) is 3.06. The van der Waals surface area contributed by atoms with E-state index >= 15 is 0 Å². The minimum Gasteiger partial charge on any atom is -0.383 e. The van der Waals surface area contributed by atoms with Gasteiger partial charge in [0.15, 0.2) is 0 Å². The van der Waals surface area contributed by atoms with Crippen molar-refractivity contribution in [2.75, 3.05) is 46.4 Å². The zero-order valence-corrected chi connectivity index (χ0v) is 12.6. The molecule has 7 nitrogen and oxygen atoms in total. The number of methoxy groups -OCH3 is 3. The van der Waals surface area contributed by atoms with Crippen molar-refractivity contribution in [1.82, 2.24) is 9.78 Å². The first-order valence-electron chi connectivity index (χ1n) is 6.14. The molecule has 0 radical (unpaired) electrons. The lowest BCUT2D eigenvalue weighted by Gasteiger charge is -2.16. The Morgan fingerprint density at radius 1 is 1.40 bits per heavy atom. The van der Waals surface area contributed by atoms with Gasteiger partial charge in [-0.05, 0) is 0 Å². The maximum absolute atomic E-state index is 12.0. The van der Waals surface area contributed by atoms with E-state index < -0.39 is 0 Å². The first kappa shape index (κ1) is 16.9. The number of ether oxygens (including phenoxy) is 3. The summed E-state index contributed by atoms with van der Waals surface area (Å²) in [6, 6.07) is 0. The van der Waals surface area contributed by atoms with Gasteiger partial charge in [0.2, 0.25) is 0 Å². The Morgan fingerprint density at radius 2 is 2.15 bits per heavy atom. The molecule has 1 unspecified atom stereocenters. The Hall–Kier alpha value is -1.15. The number of aromatic nitrogens is 2. The Balaban J connectivity index is 2.72. The van der Waals surface area contributed by atoms with Gasteiger partial charge in [-0.25, -0.2) is 4.68 Å². The van der Waals surface area contributed by atoms with Crippen molar-refractivity contribution in [2.45, 2.75) is 12.6 Å². The number of halogens is 1. The van der Waals surface area contributed by atoms with E-state index in [2.05, 4.69) is 10.4 Å². The zero-order valence-electron chi connectivity index (χ0n) is 11.9. The van der Waals surface area contributed by atoms with Gasteiger partial charge in [-0.2, -0.15) is 5.10 Å². The molecule has 0 saturated carbocycles. The Morgan fingerprint density at radius 3 is 2.75 bits per heavy atom. The molecule has 1 aromatic rings. The molecule has 0 aromatic carbocycles. The van der Waals surface area contributed by atoms with Gasteiger partial charge in [0, 0.05) is 27.9 Å². The zero-order chi connectivity index (χ0) is 15.0. The fourth-order valence-corrected chi connectivity index (χ4v) is 1.76. The van der Waals surface area contributed by atoms with Gasteiger partial charge in [0.1, 0.15) is 5.02 Å². The van der Waals surface area contributed by atoms with Crippen LogP contribution in [-0.2, 0) is 20.8 Å². The lowest BCUT2D eigenvalue weighted by atomic mass is 10.3. The van der Waals surface area contributed by atoms with Crippen LogP contribution >= 0.6 is 11.6 Å². The van der Waals surface area contributed by atoms with E-state index in [9.17, 15) is 4.79 Å². The Bertz CT molecular complexity index is 467. The first-order chi connectivity index (χ1) is 9.63. The molecular formula is C12H20ClN3O4. The van der Waals surface area contributed by atoms with Crippen molar-refractivity contribution >= 4 is 17.3 Å². The topological polar surface area (TPSA) is 74.6 Å². The molecule has 0 aliphatic heterocycles. The van der Waals surface area contributed by atoms with Crippen LogP contribution in [-0.4, -0.2) is 57.0 Å². The third kappa shape index (κ3) is 4.75. The van der Waals surface area contributed by atoms with Crippen molar-refractivity contribution in [2.24, 2.45) is 0 Å². The minimum absolute atomic E-state index is 0.100. The second-order valence-corrected chi connectivity index (χ2v) is 4.47. The van der Waals surface area contributed by atoms with Crippen molar-refractivity contribution in [3.63, 3.8) is 0 Å². The molecule has 1 heterocycles. The van der Waals surface area contributed by atoms with Gasteiger partial charge in [0.25, 0.3) is 5.56 Å². The quantitative estimate of drug-likeness (QED) is 0.721. The van der Waals surface area contributed by atoms with Gasteiger partial charge < -0.3 is 19.5 Å². The first-order valence-corrected chi connectivity index (χ1v) is 6.52. The van der Waals surface area contributed by atoms with Gasteiger partial charge in [-0.3, -0.25) is 4.79 Å². The molecule has 0 aliphatic rings. The van der Waals surface area contributed by atoms with E-state index in [1.54, 1.807) is 21.3 Å². The Labute approximate surface area is 122 Å². The van der Waals surface area contributed by atoms with Crippen LogP contribution in [0.25, 0.3) is 0 Å². The van der Waals surface area contributed by atoms with Crippen molar-refractivity contribution in [1.29, 1.82) is 0 Å². The molecule has 0 saturated heterocycles. The van der Waals surface area contributed by atoms with E-state index in [0.29, 0.717) is 32.0 Å². The second kappa shape index (κ2) is 8.91. The molecular weight excluding hydrogens is 286 g/mol. The largest absolute Gasteiger partial charge is 0.383 e. The molecule has 0 spiro atoms. The van der Waals surface area contributed by atoms with E-state index in [-0.39, 0.29) is 16.7 Å². The van der Waals surface area contributed by atoms with Crippen molar-refractivity contribution < 1.29 is 14.2 Å². The number of hydrogen-bond acceptors (Lipinski definition) is 6. The highest BCUT2D eigenvalue weighted by atomic mass is 35.5. The highest BCUT2D eigenvalue weighted by molar-refractivity contribution is 6.32. The van der Waals surface area contributed by atoms with E-state index in [1.165, 1.54) is 10.9 Å². The molecule has 1 atom stereocenters. The summed E-state index contributed by atoms with van der Waals surface area (Å²) in [7, 11) is 4.74. The maximum atomic E-state index is 12.0. The van der Waals surface area contributed by atoms with Crippen LogP contribution in [0.2, 0.25) is 5.02 Å². The van der Waals surface area contributed by atoms with Crippen LogP contribution in [0.1, 0.15) is 0 Å². The summed E-state index contributed by atoms with van der Waals surface area (Å²) in [6.07, 6.45) is 1.38. The number of hydrogen-bond donors (Lipinski definition) is 1. The van der Waals surface area contributed by atoms with E-state index in [1.807, 2.05) is 0 Å². The van der Waals surface area contributed by atoms with Gasteiger partial charge in [-0.15, -0.1) is 0 Å². The smallest absolute Gasteiger partial charge is 0.287 e. The lowest BCUT2D eigenvalue weighted by Crippen LogP contribution is -2.29. The highest BCUT2D eigenvalue weighted by Gasteiger charge is 2.11. The molecule has 0 aliphatic carbocycles. The van der Waals surface area contributed by atoms with Gasteiger partial charge in [-0.1, -0.05) is 11.6 Å². The van der Waals surface area contributed by atoms with E-state index in [0.717, 1.165) is 0 Å². The highest BCUT2D eigenvalue weighted by Crippen LogP contribution is 2.15.